The van der Waals surface area contributed by atoms with Gasteiger partial charge in [0.1, 0.15) is 17.4 Å². The van der Waals surface area contributed by atoms with E-state index in [0.29, 0.717) is 39.8 Å². The number of pyridine rings is 1. The molecule has 1 aromatic heterocycles. The first-order valence-electron chi connectivity index (χ1n) is 15.1. The molecule has 1 N–H and O–H groups in total. The van der Waals surface area contributed by atoms with Gasteiger partial charge in [0.05, 0.1) is 47.8 Å². The summed E-state index contributed by atoms with van der Waals surface area (Å²) in [7, 11) is 1.38. The Morgan fingerprint density at radius 3 is 2.43 bits per heavy atom. The van der Waals surface area contributed by atoms with Crippen LogP contribution in [-0.2, 0) is 17.5 Å². The fourth-order valence-corrected chi connectivity index (χ4v) is 5.92. The standard InChI is InChI=1S/C36H28F4N4O5/c1-19-11-22(34(45)46)5-6-25(19)27-15-28(31(48-3)16-29(27)37)26-7-8-32(43-9-4-10-43)42-30(26)18-44-20(2)33(49-35(44)47)23-12-21(17-41)13-24(14-23)36(38,39)40/h5-8,11-16,33H,2,4,9-10,18H2,1,3H3,(H,45,46)/t33-/m0/s1. The summed E-state index contributed by atoms with van der Waals surface area (Å²) in [6, 6.07) is 15.1. The number of halogens is 4. The van der Waals surface area contributed by atoms with E-state index in [1.165, 1.54) is 37.4 Å². The maximum atomic E-state index is 15.6. The van der Waals surface area contributed by atoms with Crippen molar-refractivity contribution in [3.63, 3.8) is 0 Å². The third-order valence-corrected chi connectivity index (χ3v) is 8.59. The number of benzene rings is 3. The predicted octanol–water partition coefficient (Wildman–Crippen LogP) is 7.88. The van der Waals surface area contributed by atoms with Crippen molar-refractivity contribution in [3.05, 3.63) is 112 Å². The van der Waals surface area contributed by atoms with Gasteiger partial charge in [-0.15, -0.1) is 0 Å². The highest BCUT2D eigenvalue weighted by Crippen LogP contribution is 2.42. The number of aryl methyl sites for hydroxylation is 1. The molecule has 0 aliphatic carbocycles. The van der Waals surface area contributed by atoms with Gasteiger partial charge in [0.2, 0.25) is 0 Å². The number of anilines is 1. The van der Waals surface area contributed by atoms with Crippen molar-refractivity contribution in [2.75, 3.05) is 25.1 Å². The molecule has 13 heteroatoms. The molecule has 2 fully saturated rings. The zero-order valence-electron chi connectivity index (χ0n) is 26.3. The molecule has 1 atom stereocenters. The van der Waals surface area contributed by atoms with E-state index in [9.17, 15) is 33.1 Å². The number of aromatic nitrogens is 1. The Morgan fingerprint density at radius 2 is 1.82 bits per heavy atom. The number of carbonyl (C=O) groups is 2. The number of amides is 1. The van der Waals surface area contributed by atoms with Crippen LogP contribution >= 0.6 is 0 Å². The Kier molecular flexibility index (Phi) is 8.50. The lowest BCUT2D eigenvalue weighted by Gasteiger charge is -2.32. The zero-order chi connectivity index (χ0) is 35.2. The number of rotatable bonds is 8. The molecule has 4 aromatic rings. The lowest BCUT2D eigenvalue weighted by molar-refractivity contribution is -0.137. The van der Waals surface area contributed by atoms with Crippen LogP contribution in [0.2, 0.25) is 0 Å². The normalized spacial score (nSPS) is 15.9. The maximum Gasteiger partial charge on any atom is 0.416 e. The molecule has 0 spiro atoms. The third kappa shape index (κ3) is 6.25. The highest BCUT2D eigenvalue weighted by molar-refractivity contribution is 5.89. The summed E-state index contributed by atoms with van der Waals surface area (Å²) < 4.78 is 67.5. The van der Waals surface area contributed by atoms with Crippen molar-refractivity contribution in [2.24, 2.45) is 0 Å². The van der Waals surface area contributed by atoms with Crippen molar-refractivity contribution in [1.29, 1.82) is 5.26 Å². The first-order chi connectivity index (χ1) is 23.3. The first-order valence-corrected chi connectivity index (χ1v) is 15.1. The Hall–Kier alpha value is -5.90. The van der Waals surface area contributed by atoms with Gasteiger partial charge in [-0.3, -0.25) is 4.90 Å². The number of carboxylic acids is 1. The fraction of sp³-hybridized carbons (Fsp3) is 0.222. The van der Waals surface area contributed by atoms with Crippen LogP contribution < -0.4 is 9.64 Å². The smallest absolute Gasteiger partial charge is 0.416 e. The van der Waals surface area contributed by atoms with Crippen LogP contribution in [0.25, 0.3) is 22.3 Å². The number of hydrogen-bond donors (Lipinski definition) is 1. The summed E-state index contributed by atoms with van der Waals surface area (Å²) in [4.78, 5) is 32.8. The van der Waals surface area contributed by atoms with Crippen LogP contribution in [0.5, 0.6) is 5.75 Å². The monoisotopic (exact) mass is 672 g/mol. The van der Waals surface area contributed by atoms with Gasteiger partial charge < -0.3 is 19.5 Å². The topological polar surface area (TPSA) is 116 Å². The van der Waals surface area contributed by atoms with Crippen molar-refractivity contribution < 1.29 is 41.7 Å². The van der Waals surface area contributed by atoms with Gasteiger partial charge in [0, 0.05) is 41.4 Å². The summed E-state index contributed by atoms with van der Waals surface area (Å²) >= 11 is 0. The molecule has 3 aromatic carbocycles. The second-order valence-electron chi connectivity index (χ2n) is 11.7. The highest BCUT2D eigenvalue weighted by atomic mass is 19.4. The number of carbonyl (C=O) groups excluding carboxylic acids is 1. The number of hydrogen-bond acceptors (Lipinski definition) is 7. The molecule has 49 heavy (non-hydrogen) atoms. The van der Waals surface area contributed by atoms with E-state index in [1.54, 1.807) is 31.2 Å². The number of nitriles is 1. The Labute approximate surface area is 278 Å². The number of alkyl halides is 3. The number of carboxylic acid groups (broad SMARTS) is 1. The summed E-state index contributed by atoms with van der Waals surface area (Å²) in [5, 5.41) is 18.8. The van der Waals surface area contributed by atoms with Crippen LogP contribution in [-0.4, -0.2) is 47.3 Å². The average Bonchev–Trinajstić information content (AvgIpc) is 3.32. The first kappa shape index (κ1) is 33.0. The van der Waals surface area contributed by atoms with Crippen LogP contribution in [0.15, 0.2) is 72.9 Å². The number of methoxy groups -OCH3 is 1. The molecule has 0 bridgehead atoms. The molecule has 0 unspecified atom stereocenters. The summed E-state index contributed by atoms with van der Waals surface area (Å²) in [6.07, 6.45) is -5.96. The van der Waals surface area contributed by atoms with Gasteiger partial charge in [-0.05, 0) is 73.0 Å². The predicted molar refractivity (Wildman–Crippen MR) is 170 cm³/mol. The van der Waals surface area contributed by atoms with E-state index in [2.05, 4.69) is 6.58 Å². The van der Waals surface area contributed by atoms with Gasteiger partial charge in [-0.1, -0.05) is 12.6 Å². The van der Waals surface area contributed by atoms with E-state index < -0.39 is 35.7 Å². The molecule has 0 radical (unpaired) electrons. The van der Waals surface area contributed by atoms with E-state index in [0.717, 1.165) is 30.5 Å². The van der Waals surface area contributed by atoms with Crippen LogP contribution in [0.4, 0.5) is 28.2 Å². The molecule has 250 valence electrons. The number of ether oxygens (including phenoxy) is 2. The molecule has 2 saturated heterocycles. The quantitative estimate of drug-likeness (QED) is 0.188. The highest BCUT2D eigenvalue weighted by Gasteiger charge is 2.39. The van der Waals surface area contributed by atoms with Crippen molar-refractivity contribution in [1.82, 2.24) is 9.88 Å². The molecule has 1 amide bonds. The van der Waals surface area contributed by atoms with Gasteiger partial charge in [-0.2, -0.15) is 18.4 Å². The third-order valence-electron chi connectivity index (χ3n) is 8.59. The Bertz CT molecular complexity index is 2070. The molecular weight excluding hydrogens is 644 g/mol. The minimum atomic E-state index is -4.74. The van der Waals surface area contributed by atoms with Crippen molar-refractivity contribution in [3.8, 4) is 34.1 Å². The van der Waals surface area contributed by atoms with Gasteiger partial charge in [0.15, 0.2) is 6.10 Å². The van der Waals surface area contributed by atoms with E-state index in [-0.39, 0.29) is 40.2 Å². The summed E-state index contributed by atoms with van der Waals surface area (Å²) in [5.41, 5.74) is 1.08. The van der Waals surface area contributed by atoms with Crippen molar-refractivity contribution in [2.45, 2.75) is 32.2 Å². The number of nitrogens with zero attached hydrogens (tertiary/aromatic N) is 4. The number of aromatic carboxylic acids is 1. The minimum absolute atomic E-state index is 0.0382. The van der Waals surface area contributed by atoms with Crippen LogP contribution in [0.3, 0.4) is 0 Å². The summed E-state index contributed by atoms with van der Waals surface area (Å²) in [6.45, 7) is 6.95. The second kappa shape index (κ2) is 12.6. The fourth-order valence-electron chi connectivity index (χ4n) is 5.92. The molecule has 0 saturated carbocycles. The Balaban J connectivity index is 1.43. The average molecular weight is 673 g/mol. The van der Waals surface area contributed by atoms with E-state index in [1.807, 2.05) is 4.90 Å². The Morgan fingerprint density at radius 1 is 1.08 bits per heavy atom. The minimum Gasteiger partial charge on any atom is -0.496 e. The SMILES string of the molecule is C=C1[C@@H](c2cc(C#N)cc(C(F)(F)F)c2)OC(=O)N1Cc1nc(N2CCC2)ccc1-c1cc(-c2ccc(C(=O)O)cc2C)c(F)cc1OC. The molecule has 2 aliphatic heterocycles. The van der Waals surface area contributed by atoms with Crippen molar-refractivity contribution >= 4 is 17.9 Å². The van der Waals surface area contributed by atoms with E-state index in [4.69, 9.17) is 14.5 Å². The van der Waals surface area contributed by atoms with E-state index >= 15 is 4.39 Å². The van der Waals surface area contributed by atoms with Gasteiger partial charge in [-0.25, -0.2) is 19.0 Å². The molecular formula is C36H28F4N4O5. The largest absolute Gasteiger partial charge is 0.496 e. The zero-order valence-corrected chi connectivity index (χ0v) is 26.3. The van der Waals surface area contributed by atoms with Gasteiger partial charge >= 0.3 is 18.2 Å². The maximum absolute atomic E-state index is 15.6. The van der Waals surface area contributed by atoms with Crippen LogP contribution in [0, 0.1) is 24.1 Å². The summed E-state index contributed by atoms with van der Waals surface area (Å²) in [5.74, 6) is -0.950. The lowest BCUT2D eigenvalue weighted by atomic mass is 9.93. The lowest BCUT2D eigenvalue weighted by Crippen LogP contribution is -2.37. The second-order valence-corrected chi connectivity index (χ2v) is 11.7. The molecule has 6 rings (SSSR count). The van der Waals surface area contributed by atoms with Crippen LogP contribution in [0.1, 0.15) is 50.8 Å². The molecule has 2 aliphatic rings. The van der Waals surface area contributed by atoms with Gasteiger partial charge in [0.25, 0.3) is 0 Å². The molecule has 3 heterocycles. The number of cyclic esters (lactones) is 1. The molecule has 9 nitrogen and oxygen atoms in total.